The Morgan fingerprint density at radius 2 is 2.21 bits per heavy atom. The predicted molar refractivity (Wildman–Crippen MR) is 55.9 cm³/mol. The van der Waals surface area contributed by atoms with E-state index in [2.05, 4.69) is 31.8 Å². The molecular formula is C12H17NO. The van der Waals surface area contributed by atoms with Gasteiger partial charge in [-0.25, -0.2) is 0 Å². The fourth-order valence-corrected chi connectivity index (χ4v) is 1.87. The minimum atomic E-state index is 0.253. The van der Waals surface area contributed by atoms with E-state index in [1.165, 1.54) is 5.56 Å². The normalized spacial score (nSPS) is 27.1. The molecule has 1 aromatic heterocycles. The van der Waals surface area contributed by atoms with Crippen LogP contribution in [0.4, 0.5) is 0 Å². The van der Waals surface area contributed by atoms with Crippen molar-refractivity contribution in [2.24, 2.45) is 11.3 Å². The topological polar surface area (TPSA) is 22.1 Å². The molecule has 0 amide bonds. The molecule has 76 valence electrons. The van der Waals surface area contributed by atoms with Crippen molar-refractivity contribution in [1.29, 1.82) is 0 Å². The third kappa shape index (κ3) is 1.67. The standard InChI is InChI=1S/C12H17NO/c1-12(2,3)10-8-14-11(10)9-5-4-6-13-7-9/h4-7,10-11H,8H2,1-3H3. The summed E-state index contributed by atoms with van der Waals surface area (Å²) in [4.78, 5) is 4.12. The Morgan fingerprint density at radius 1 is 1.43 bits per heavy atom. The maximum atomic E-state index is 5.62. The Kier molecular flexibility index (Phi) is 2.31. The van der Waals surface area contributed by atoms with Gasteiger partial charge in [0.2, 0.25) is 0 Å². The van der Waals surface area contributed by atoms with E-state index in [4.69, 9.17) is 4.74 Å². The number of nitrogens with zero attached hydrogens (tertiary/aromatic N) is 1. The van der Waals surface area contributed by atoms with Gasteiger partial charge < -0.3 is 4.74 Å². The molecule has 1 fully saturated rings. The summed E-state index contributed by atoms with van der Waals surface area (Å²) >= 11 is 0. The van der Waals surface area contributed by atoms with Gasteiger partial charge in [0.15, 0.2) is 0 Å². The molecule has 2 unspecified atom stereocenters. The molecule has 2 heterocycles. The van der Waals surface area contributed by atoms with Crippen molar-refractivity contribution in [3.05, 3.63) is 30.1 Å². The fraction of sp³-hybridized carbons (Fsp3) is 0.583. The monoisotopic (exact) mass is 191 g/mol. The van der Waals surface area contributed by atoms with Gasteiger partial charge in [-0.15, -0.1) is 0 Å². The Bertz CT molecular complexity index is 302. The highest BCUT2D eigenvalue weighted by atomic mass is 16.5. The van der Waals surface area contributed by atoms with Crippen molar-refractivity contribution in [3.63, 3.8) is 0 Å². The lowest BCUT2D eigenvalue weighted by Crippen LogP contribution is -2.41. The highest BCUT2D eigenvalue weighted by Gasteiger charge is 2.41. The highest BCUT2D eigenvalue weighted by Crippen LogP contribution is 2.45. The summed E-state index contributed by atoms with van der Waals surface area (Å²) in [5.41, 5.74) is 1.53. The quantitative estimate of drug-likeness (QED) is 0.681. The summed E-state index contributed by atoms with van der Waals surface area (Å²) in [7, 11) is 0. The van der Waals surface area contributed by atoms with Gasteiger partial charge in [0.1, 0.15) is 0 Å². The Labute approximate surface area is 85.3 Å². The second-order valence-corrected chi connectivity index (χ2v) is 5.01. The second kappa shape index (κ2) is 3.35. The first-order chi connectivity index (χ1) is 6.59. The lowest BCUT2D eigenvalue weighted by molar-refractivity contribution is -0.159. The van der Waals surface area contributed by atoms with E-state index >= 15 is 0 Å². The molecule has 2 heteroatoms. The number of hydrogen-bond acceptors (Lipinski definition) is 2. The summed E-state index contributed by atoms with van der Waals surface area (Å²) in [6, 6.07) is 4.06. The lowest BCUT2D eigenvalue weighted by atomic mass is 9.73. The van der Waals surface area contributed by atoms with Crippen LogP contribution in [0.1, 0.15) is 32.4 Å². The van der Waals surface area contributed by atoms with Crippen LogP contribution in [0.5, 0.6) is 0 Å². The molecule has 1 saturated heterocycles. The lowest BCUT2D eigenvalue weighted by Gasteiger charge is -2.45. The predicted octanol–water partition coefficient (Wildman–Crippen LogP) is 2.82. The minimum Gasteiger partial charge on any atom is -0.373 e. The Hall–Kier alpha value is -0.890. The molecular weight excluding hydrogens is 174 g/mol. The summed E-state index contributed by atoms with van der Waals surface area (Å²) < 4.78 is 5.62. The largest absolute Gasteiger partial charge is 0.373 e. The highest BCUT2D eigenvalue weighted by molar-refractivity contribution is 5.16. The average Bonchev–Trinajstić information content (AvgIpc) is 2.00. The molecule has 0 N–H and O–H groups in total. The first-order valence-electron chi connectivity index (χ1n) is 5.10. The first kappa shape index (κ1) is 9.66. The Balaban J connectivity index is 2.15. The zero-order valence-corrected chi connectivity index (χ0v) is 9.03. The zero-order chi connectivity index (χ0) is 10.2. The molecule has 0 aliphatic carbocycles. The number of hydrogen-bond donors (Lipinski definition) is 0. The van der Waals surface area contributed by atoms with Gasteiger partial charge in [-0.1, -0.05) is 26.8 Å². The van der Waals surface area contributed by atoms with Gasteiger partial charge in [-0.3, -0.25) is 4.98 Å². The van der Waals surface area contributed by atoms with E-state index in [1.54, 1.807) is 6.20 Å². The summed E-state index contributed by atoms with van der Waals surface area (Å²) in [6.07, 6.45) is 3.96. The number of rotatable bonds is 1. The molecule has 0 bridgehead atoms. The SMILES string of the molecule is CC(C)(C)C1COC1c1cccnc1. The maximum Gasteiger partial charge on any atom is 0.0895 e. The van der Waals surface area contributed by atoms with Crippen molar-refractivity contribution in [2.45, 2.75) is 26.9 Å². The van der Waals surface area contributed by atoms with Crippen LogP contribution in [-0.2, 0) is 4.74 Å². The van der Waals surface area contributed by atoms with Gasteiger partial charge in [0.05, 0.1) is 12.7 Å². The van der Waals surface area contributed by atoms with Crippen molar-refractivity contribution < 1.29 is 4.74 Å². The van der Waals surface area contributed by atoms with E-state index in [-0.39, 0.29) is 6.10 Å². The van der Waals surface area contributed by atoms with Gasteiger partial charge in [-0.2, -0.15) is 0 Å². The minimum absolute atomic E-state index is 0.253. The van der Waals surface area contributed by atoms with Crippen LogP contribution >= 0.6 is 0 Å². The molecule has 1 aliphatic heterocycles. The van der Waals surface area contributed by atoms with Crippen LogP contribution in [0, 0.1) is 11.3 Å². The van der Waals surface area contributed by atoms with Gasteiger partial charge in [-0.05, 0) is 17.0 Å². The molecule has 1 aliphatic rings. The molecule has 2 rings (SSSR count). The number of pyridine rings is 1. The van der Waals surface area contributed by atoms with Crippen LogP contribution in [0.2, 0.25) is 0 Å². The van der Waals surface area contributed by atoms with E-state index < -0.39 is 0 Å². The third-order valence-corrected chi connectivity index (χ3v) is 2.95. The van der Waals surface area contributed by atoms with Crippen molar-refractivity contribution in [2.75, 3.05) is 6.61 Å². The second-order valence-electron chi connectivity index (χ2n) is 5.01. The summed E-state index contributed by atoms with van der Waals surface area (Å²) in [5.74, 6) is 0.617. The fourth-order valence-electron chi connectivity index (χ4n) is 1.87. The van der Waals surface area contributed by atoms with Crippen LogP contribution in [0.25, 0.3) is 0 Å². The van der Waals surface area contributed by atoms with Crippen molar-refractivity contribution in [1.82, 2.24) is 4.98 Å². The van der Waals surface area contributed by atoms with Gasteiger partial charge in [0, 0.05) is 18.3 Å². The van der Waals surface area contributed by atoms with Crippen molar-refractivity contribution in [3.8, 4) is 0 Å². The smallest absolute Gasteiger partial charge is 0.0895 e. The number of aromatic nitrogens is 1. The average molecular weight is 191 g/mol. The van der Waals surface area contributed by atoms with Gasteiger partial charge >= 0.3 is 0 Å². The van der Waals surface area contributed by atoms with E-state index in [0.29, 0.717) is 11.3 Å². The molecule has 2 nitrogen and oxygen atoms in total. The van der Waals surface area contributed by atoms with Gasteiger partial charge in [0.25, 0.3) is 0 Å². The first-order valence-corrected chi connectivity index (χ1v) is 5.10. The van der Waals surface area contributed by atoms with E-state index in [9.17, 15) is 0 Å². The zero-order valence-electron chi connectivity index (χ0n) is 9.03. The van der Waals surface area contributed by atoms with Crippen molar-refractivity contribution >= 4 is 0 Å². The maximum absolute atomic E-state index is 5.62. The molecule has 0 radical (unpaired) electrons. The van der Waals surface area contributed by atoms with E-state index in [1.807, 2.05) is 12.3 Å². The molecule has 1 aromatic rings. The van der Waals surface area contributed by atoms with E-state index in [0.717, 1.165) is 6.61 Å². The molecule has 0 aromatic carbocycles. The molecule has 2 atom stereocenters. The third-order valence-electron chi connectivity index (χ3n) is 2.95. The van der Waals surface area contributed by atoms with Crippen LogP contribution in [0.3, 0.4) is 0 Å². The van der Waals surface area contributed by atoms with Crippen LogP contribution in [-0.4, -0.2) is 11.6 Å². The van der Waals surface area contributed by atoms with Crippen LogP contribution < -0.4 is 0 Å². The molecule has 14 heavy (non-hydrogen) atoms. The number of ether oxygens (including phenoxy) is 1. The summed E-state index contributed by atoms with van der Waals surface area (Å²) in [5, 5.41) is 0. The molecule has 0 saturated carbocycles. The Morgan fingerprint density at radius 3 is 2.64 bits per heavy atom. The molecule has 0 spiro atoms. The van der Waals surface area contributed by atoms with Crippen LogP contribution in [0.15, 0.2) is 24.5 Å². The summed E-state index contributed by atoms with van der Waals surface area (Å²) in [6.45, 7) is 7.68.